The average Bonchev–Trinajstić information content (AvgIpc) is 2.89. The van der Waals surface area contributed by atoms with E-state index >= 15 is 0 Å². The molecule has 17 heavy (non-hydrogen) atoms. The van der Waals surface area contributed by atoms with E-state index in [1.54, 1.807) is 0 Å². The summed E-state index contributed by atoms with van der Waals surface area (Å²) in [7, 11) is 0. The summed E-state index contributed by atoms with van der Waals surface area (Å²) in [6.45, 7) is 0. The van der Waals surface area contributed by atoms with Crippen LogP contribution in [0.3, 0.4) is 0 Å². The first-order chi connectivity index (χ1) is 8.36. The molecule has 1 unspecified atom stereocenters. The molecule has 0 spiro atoms. The molecule has 94 valence electrons. The van der Waals surface area contributed by atoms with E-state index in [0.29, 0.717) is 0 Å². The number of thioether (sulfide) groups is 1. The number of hydrogen-bond donors (Lipinski definition) is 0. The van der Waals surface area contributed by atoms with Crippen molar-refractivity contribution >= 4 is 27.7 Å². The van der Waals surface area contributed by atoms with E-state index < -0.39 is 0 Å². The van der Waals surface area contributed by atoms with Gasteiger partial charge in [0.25, 0.3) is 0 Å². The smallest absolute Gasteiger partial charge is 0.0174 e. The van der Waals surface area contributed by atoms with Crippen molar-refractivity contribution in [1.82, 2.24) is 0 Å². The zero-order chi connectivity index (χ0) is 11.9. The van der Waals surface area contributed by atoms with Crippen molar-refractivity contribution in [3.63, 3.8) is 0 Å². The van der Waals surface area contributed by atoms with Gasteiger partial charge >= 0.3 is 0 Å². The Balaban J connectivity index is 1.59. The Morgan fingerprint density at radius 1 is 1.18 bits per heavy atom. The summed E-state index contributed by atoms with van der Waals surface area (Å²) in [6.07, 6.45) is 8.46. The fraction of sp³-hybridized carbons (Fsp3) is 0.600. The molecule has 1 aromatic rings. The summed E-state index contributed by atoms with van der Waals surface area (Å²) in [5.74, 6) is 2.20. The molecule has 1 aliphatic carbocycles. The van der Waals surface area contributed by atoms with Crippen LogP contribution in [0.1, 0.15) is 38.5 Å². The van der Waals surface area contributed by atoms with Gasteiger partial charge in [-0.3, -0.25) is 0 Å². The van der Waals surface area contributed by atoms with Crippen molar-refractivity contribution in [3.05, 3.63) is 30.3 Å². The van der Waals surface area contributed by atoms with E-state index in [0.717, 1.165) is 10.7 Å². The van der Waals surface area contributed by atoms with Gasteiger partial charge in [-0.25, -0.2) is 0 Å². The molecule has 1 aliphatic rings. The van der Waals surface area contributed by atoms with Crippen molar-refractivity contribution < 1.29 is 0 Å². The largest absolute Gasteiger partial charge is 0.126 e. The zero-order valence-electron chi connectivity index (χ0n) is 10.3. The van der Waals surface area contributed by atoms with Gasteiger partial charge < -0.3 is 0 Å². The highest BCUT2D eigenvalue weighted by atomic mass is 79.9. The second kappa shape index (κ2) is 7.48. The van der Waals surface area contributed by atoms with E-state index in [1.165, 1.54) is 49.2 Å². The van der Waals surface area contributed by atoms with Crippen molar-refractivity contribution in [2.45, 2.75) is 48.2 Å². The molecule has 0 radical (unpaired) electrons. The topological polar surface area (TPSA) is 0 Å². The number of hydrogen-bond acceptors (Lipinski definition) is 1. The van der Waals surface area contributed by atoms with Crippen molar-refractivity contribution in [1.29, 1.82) is 0 Å². The first kappa shape index (κ1) is 13.5. The molecule has 1 saturated carbocycles. The van der Waals surface area contributed by atoms with Gasteiger partial charge in [-0.1, -0.05) is 47.0 Å². The maximum absolute atomic E-state index is 3.88. The Hall–Kier alpha value is 0.0500. The summed E-state index contributed by atoms with van der Waals surface area (Å²) in [5.41, 5.74) is 0. The van der Waals surface area contributed by atoms with E-state index in [2.05, 4.69) is 46.3 Å². The maximum atomic E-state index is 3.88. The highest BCUT2D eigenvalue weighted by Crippen LogP contribution is 2.34. The molecule has 0 aliphatic heterocycles. The quantitative estimate of drug-likeness (QED) is 0.379. The summed E-state index contributed by atoms with van der Waals surface area (Å²) in [5, 5.41) is 0. The van der Waals surface area contributed by atoms with Crippen molar-refractivity contribution in [2.75, 3.05) is 5.75 Å². The molecular weight excluding hydrogens is 292 g/mol. The fourth-order valence-electron chi connectivity index (χ4n) is 2.54. The summed E-state index contributed by atoms with van der Waals surface area (Å²) < 4.78 is 0. The first-order valence-electron chi connectivity index (χ1n) is 6.68. The lowest BCUT2D eigenvalue weighted by Crippen LogP contribution is -2.10. The minimum Gasteiger partial charge on any atom is -0.126 e. The van der Waals surface area contributed by atoms with Crippen LogP contribution in [-0.4, -0.2) is 10.6 Å². The molecule has 2 heteroatoms. The van der Waals surface area contributed by atoms with Gasteiger partial charge in [0.15, 0.2) is 0 Å². The molecular formula is C15H21BrS. The first-order valence-corrected chi connectivity index (χ1v) is 8.58. The molecule has 1 aromatic carbocycles. The minimum absolute atomic E-state index is 0.765. The molecule has 1 atom stereocenters. The minimum atomic E-state index is 0.765. The van der Waals surface area contributed by atoms with Crippen molar-refractivity contribution in [3.8, 4) is 0 Å². The van der Waals surface area contributed by atoms with Gasteiger partial charge in [0.1, 0.15) is 0 Å². The molecule has 0 heterocycles. The Labute approximate surface area is 118 Å². The summed E-state index contributed by atoms with van der Waals surface area (Å²) >= 11 is 5.87. The second-order valence-electron chi connectivity index (χ2n) is 4.86. The molecule has 0 amide bonds. The Morgan fingerprint density at radius 3 is 2.59 bits per heavy atom. The van der Waals surface area contributed by atoms with E-state index in [4.69, 9.17) is 0 Å². The maximum Gasteiger partial charge on any atom is 0.0174 e. The fourth-order valence-corrected chi connectivity index (χ4v) is 4.29. The van der Waals surface area contributed by atoms with E-state index in [9.17, 15) is 0 Å². The SMILES string of the molecule is BrC(CCCSc1ccccc1)C1CCCC1. The molecule has 2 rings (SSSR count). The Morgan fingerprint density at radius 2 is 1.88 bits per heavy atom. The monoisotopic (exact) mass is 312 g/mol. The molecule has 0 saturated heterocycles. The molecule has 0 nitrogen and oxygen atoms in total. The number of rotatable bonds is 6. The van der Waals surface area contributed by atoms with Crippen LogP contribution < -0.4 is 0 Å². The average molecular weight is 313 g/mol. The third-order valence-electron chi connectivity index (χ3n) is 3.55. The third-order valence-corrected chi connectivity index (χ3v) is 5.85. The standard InChI is InChI=1S/C15H21BrS/c16-15(13-7-4-5-8-13)11-6-12-17-14-9-2-1-3-10-14/h1-3,9-10,13,15H,4-8,11-12H2. The van der Waals surface area contributed by atoms with Crippen LogP contribution in [0.15, 0.2) is 35.2 Å². The molecule has 1 fully saturated rings. The summed E-state index contributed by atoms with van der Waals surface area (Å²) in [4.78, 5) is 2.17. The Kier molecular flexibility index (Phi) is 5.93. The second-order valence-corrected chi connectivity index (χ2v) is 7.21. The number of alkyl halides is 1. The van der Waals surface area contributed by atoms with Crippen molar-refractivity contribution in [2.24, 2.45) is 5.92 Å². The van der Waals surface area contributed by atoms with Gasteiger partial charge in [0.2, 0.25) is 0 Å². The van der Waals surface area contributed by atoms with Crippen LogP contribution in [0.5, 0.6) is 0 Å². The van der Waals surface area contributed by atoms with Crippen LogP contribution in [0.2, 0.25) is 0 Å². The predicted octanol–water partition coefficient (Wildman–Crippen LogP) is 5.51. The lowest BCUT2D eigenvalue weighted by atomic mass is 10.0. The van der Waals surface area contributed by atoms with Gasteiger partial charge in [0, 0.05) is 9.72 Å². The number of halogens is 1. The lowest BCUT2D eigenvalue weighted by Gasteiger charge is -2.16. The van der Waals surface area contributed by atoms with Crippen LogP contribution in [0.25, 0.3) is 0 Å². The van der Waals surface area contributed by atoms with Crippen LogP contribution in [0.4, 0.5) is 0 Å². The van der Waals surface area contributed by atoms with Crippen LogP contribution in [-0.2, 0) is 0 Å². The predicted molar refractivity (Wildman–Crippen MR) is 81.1 cm³/mol. The highest BCUT2D eigenvalue weighted by Gasteiger charge is 2.22. The summed E-state index contributed by atoms with van der Waals surface area (Å²) in [6, 6.07) is 10.7. The molecule has 0 aromatic heterocycles. The Bertz CT molecular complexity index is 306. The normalized spacial score (nSPS) is 18.4. The van der Waals surface area contributed by atoms with Gasteiger partial charge in [-0.05, 0) is 49.5 Å². The highest BCUT2D eigenvalue weighted by molar-refractivity contribution is 9.09. The van der Waals surface area contributed by atoms with E-state index in [-0.39, 0.29) is 0 Å². The molecule has 0 N–H and O–H groups in total. The number of benzene rings is 1. The molecule has 0 bridgehead atoms. The zero-order valence-corrected chi connectivity index (χ0v) is 12.7. The third kappa shape index (κ3) is 4.67. The van der Waals surface area contributed by atoms with Gasteiger partial charge in [-0.2, -0.15) is 0 Å². The van der Waals surface area contributed by atoms with Gasteiger partial charge in [-0.15, -0.1) is 11.8 Å². The van der Waals surface area contributed by atoms with Gasteiger partial charge in [0.05, 0.1) is 0 Å². The van der Waals surface area contributed by atoms with Crippen LogP contribution >= 0.6 is 27.7 Å². The van der Waals surface area contributed by atoms with Crippen LogP contribution in [0, 0.1) is 5.92 Å². The lowest BCUT2D eigenvalue weighted by molar-refractivity contribution is 0.503. The van der Waals surface area contributed by atoms with E-state index in [1.807, 2.05) is 11.8 Å².